The summed E-state index contributed by atoms with van der Waals surface area (Å²) in [5.41, 5.74) is -0.865. The Hall–Kier alpha value is -1.47. The lowest BCUT2D eigenvalue weighted by Crippen LogP contribution is -1.98. The summed E-state index contributed by atoms with van der Waals surface area (Å²) in [6.45, 7) is 0. The Morgan fingerprint density at radius 1 is 0.833 bits per heavy atom. The van der Waals surface area contributed by atoms with Crippen molar-refractivity contribution in [3.63, 3.8) is 0 Å². The van der Waals surface area contributed by atoms with E-state index in [1.807, 2.05) is 0 Å². The molecule has 0 aliphatic heterocycles. The molecule has 5 nitrogen and oxygen atoms in total. The minimum atomic E-state index is -0.865. The fourth-order valence-corrected chi connectivity index (χ4v) is 2.38. The molecule has 0 aliphatic rings. The number of hydrogen-bond acceptors (Lipinski definition) is 5. The summed E-state index contributed by atoms with van der Waals surface area (Å²) in [7, 11) is 0. The molecule has 0 heterocycles. The fourth-order valence-electron chi connectivity index (χ4n) is 1.55. The standard InChI is InChI=1S/C11H6Br2O5/c12-4-2-1-3-5(8(15)7(4)14)9(16)11(18)10(17)6(3)13/h1-2,16-18H,(H,14,15). The molecular formula is C11H6Br2O5. The van der Waals surface area contributed by atoms with Gasteiger partial charge < -0.3 is 20.4 Å². The molecule has 2 rings (SSSR count). The van der Waals surface area contributed by atoms with Gasteiger partial charge in [-0.15, -0.1) is 0 Å². The largest absolute Gasteiger partial charge is 0.504 e. The van der Waals surface area contributed by atoms with Crippen LogP contribution in [0.25, 0.3) is 10.8 Å². The van der Waals surface area contributed by atoms with Crippen LogP contribution < -0.4 is 5.43 Å². The van der Waals surface area contributed by atoms with Crippen molar-refractivity contribution in [2.24, 2.45) is 0 Å². The first-order chi connectivity index (χ1) is 8.36. The van der Waals surface area contributed by atoms with Gasteiger partial charge in [0.05, 0.1) is 14.3 Å². The predicted octanol–water partition coefficient (Wildman–Crippen LogP) is 2.55. The van der Waals surface area contributed by atoms with Crippen LogP contribution in [-0.2, 0) is 0 Å². The molecule has 18 heavy (non-hydrogen) atoms. The zero-order chi connectivity index (χ0) is 13.6. The lowest BCUT2D eigenvalue weighted by molar-refractivity contribution is 0.369. The quantitative estimate of drug-likeness (QED) is 0.529. The first-order valence-electron chi connectivity index (χ1n) is 4.64. The van der Waals surface area contributed by atoms with Crippen LogP contribution in [-0.4, -0.2) is 20.4 Å². The molecule has 0 amide bonds. The molecule has 0 spiro atoms. The number of hydrogen-bond donors (Lipinski definition) is 4. The third-order valence-electron chi connectivity index (χ3n) is 2.46. The van der Waals surface area contributed by atoms with Crippen molar-refractivity contribution in [3.8, 4) is 23.0 Å². The first-order valence-corrected chi connectivity index (χ1v) is 6.22. The van der Waals surface area contributed by atoms with Crippen LogP contribution in [0.1, 0.15) is 0 Å². The second-order valence-corrected chi connectivity index (χ2v) is 5.15. The monoisotopic (exact) mass is 376 g/mol. The highest BCUT2D eigenvalue weighted by Crippen LogP contribution is 2.46. The van der Waals surface area contributed by atoms with Gasteiger partial charge in [-0.25, -0.2) is 0 Å². The van der Waals surface area contributed by atoms with Crippen molar-refractivity contribution in [2.45, 2.75) is 0 Å². The summed E-state index contributed by atoms with van der Waals surface area (Å²) in [6.07, 6.45) is 0. The molecule has 2 aromatic rings. The van der Waals surface area contributed by atoms with E-state index in [1.54, 1.807) is 0 Å². The highest BCUT2D eigenvalue weighted by atomic mass is 79.9. The normalized spacial score (nSPS) is 10.8. The van der Waals surface area contributed by atoms with Crippen molar-refractivity contribution in [3.05, 3.63) is 31.3 Å². The minimum Gasteiger partial charge on any atom is -0.504 e. The third-order valence-corrected chi connectivity index (χ3v) is 3.91. The maximum atomic E-state index is 11.9. The third kappa shape index (κ3) is 1.70. The molecule has 0 radical (unpaired) electrons. The average Bonchev–Trinajstić information content (AvgIpc) is 2.46. The fraction of sp³-hybridized carbons (Fsp3) is 0. The van der Waals surface area contributed by atoms with E-state index in [1.165, 1.54) is 12.1 Å². The Balaban J connectivity index is 3.24. The van der Waals surface area contributed by atoms with Gasteiger partial charge in [-0.1, -0.05) is 6.07 Å². The first kappa shape index (κ1) is 13.0. The summed E-state index contributed by atoms with van der Waals surface area (Å²) in [5, 5.41) is 38.2. The molecule has 0 atom stereocenters. The lowest BCUT2D eigenvalue weighted by Gasteiger charge is -2.06. The van der Waals surface area contributed by atoms with Crippen LogP contribution in [0.5, 0.6) is 23.0 Å². The number of fused-ring (bicyclic) bond motifs is 1. The van der Waals surface area contributed by atoms with Crippen LogP contribution in [0.15, 0.2) is 25.9 Å². The highest BCUT2D eigenvalue weighted by Gasteiger charge is 2.20. The molecule has 0 aliphatic carbocycles. The minimum absolute atomic E-state index is 0.0485. The topological polar surface area (TPSA) is 98.0 Å². The van der Waals surface area contributed by atoms with E-state index in [2.05, 4.69) is 31.9 Å². The second-order valence-electron chi connectivity index (χ2n) is 3.51. The van der Waals surface area contributed by atoms with E-state index in [0.717, 1.165) is 0 Å². The molecule has 7 heteroatoms. The van der Waals surface area contributed by atoms with Gasteiger partial charge in [0.2, 0.25) is 11.2 Å². The Labute approximate surface area is 117 Å². The molecule has 0 unspecified atom stereocenters. The molecule has 4 N–H and O–H groups in total. The van der Waals surface area contributed by atoms with Crippen molar-refractivity contribution in [2.75, 3.05) is 0 Å². The van der Waals surface area contributed by atoms with E-state index < -0.39 is 28.4 Å². The zero-order valence-corrected chi connectivity index (χ0v) is 11.8. The molecule has 0 saturated carbocycles. The molecule has 0 fully saturated rings. The second kappa shape index (κ2) is 4.33. The average molecular weight is 378 g/mol. The zero-order valence-electron chi connectivity index (χ0n) is 8.61. The summed E-state index contributed by atoms with van der Waals surface area (Å²) in [6, 6.07) is 2.79. The van der Waals surface area contributed by atoms with Crippen molar-refractivity contribution >= 4 is 42.6 Å². The summed E-state index contributed by atoms with van der Waals surface area (Å²) in [4.78, 5) is 11.9. The number of halogens is 2. The predicted molar refractivity (Wildman–Crippen MR) is 72.3 cm³/mol. The summed E-state index contributed by atoms with van der Waals surface area (Å²) < 4.78 is 0.182. The van der Waals surface area contributed by atoms with Gasteiger partial charge in [-0.2, -0.15) is 0 Å². The van der Waals surface area contributed by atoms with Crippen molar-refractivity contribution < 1.29 is 20.4 Å². The summed E-state index contributed by atoms with van der Waals surface area (Å²) in [5.74, 6) is -2.79. The van der Waals surface area contributed by atoms with E-state index in [-0.39, 0.29) is 19.7 Å². The van der Waals surface area contributed by atoms with E-state index in [9.17, 15) is 25.2 Å². The number of aromatic hydroxyl groups is 4. The van der Waals surface area contributed by atoms with Gasteiger partial charge in [-0.3, -0.25) is 4.79 Å². The molecule has 94 valence electrons. The number of phenolic OH excluding ortho intramolecular Hbond substituents is 3. The van der Waals surface area contributed by atoms with Crippen LogP contribution >= 0.6 is 31.9 Å². The smallest absolute Gasteiger partial charge is 0.233 e. The Kier molecular flexibility index (Phi) is 3.12. The molecule has 0 saturated heterocycles. The molecule has 2 aromatic carbocycles. The van der Waals surface area contributed by atoms with Gasteiger partial charge in [0.25, 0.3) is 0 Å². The number of benzene rings is 1. The molecular weight excluding hydrogens is 372 g/mol. The van der Waals surface area contributed by atoms with Gasteiger partial charge in [-0.05, 0) is 37.9 Å². The summed E-state index contributed by atoms with van der Waals surface area (Å²) >= 11 is 6.00. The lowest BCUT2D eigenvalue weighted by atomic mass is 10.1. The molecule has 0 aromatic heterocycles. The van der Waals surface area contributed by atoms with Crippen molar-refractivity contribution in [1.29, 1.82) is 0 Å². The van der Waals surface area contributed by atoms with Crippen LogP contribution in [0, 0.1) is 0 Å². The Morgan fingerprint density at radius 2 is 1.44 bits per heavy atom. The van der Waals surface area contributed by atoms with Crippen LogP contribution in [0.4, 0.5) is 0 Å². The Morgan fingerprint density at radius 3 is 2.06 bits per heavy atom. The Bertz CT molecular complexity index is 727. The van der Waals surface area contributed by atoms with Crippen molar-refractivity contribution in [1.82, 2.24) is 0 Å². The SMILES string of the molecule is O=c1c(O)c(Br)ccc2c(Br)c(O)c(O)c(O)c12. The van der Waals surface area contributed by atoms with Gasteiger partial charge in [0, 0.05) is 5.39 Å². The van der Waals surface area contributed by atoms with Gasteiger partial charge in [0.1, 0.15) is 0 Å². The van der Waals surface area contributed by atoms with E-state index in [0.29, 0.717) is 0 Å². The van der Waals surface area contributed by atoms with Gasteiger partial charge >= 0.3 is 0 Å². The number of phenols is 3. The van der Waals surface area contributed by atoms with E-state index in [4.69, 9.17) is 0 Å². The number of rotatable bonds is 0. The van der Waals surface area contributed by atoms with E-state index >= 15 is 0 Å². The highest BCUT2D eigenvalue weighted by molar-refractivity contribution is 9.11. The van der Waals surface area contributed by atoms with Gasteiger partial charge in [0.15, 0.2) is 17.2 Å². The molecule has 0 bridgehead atoms. The maximum absolute atomic E-state index is 11.9. The van der Waals surface area contributed by atoms with Crippen LogP contribution in [0.2, 0.25) is 0 Å². The maximum Gasteiger partial charge on any atom is 0.233 e. The van der Waals surface area contributed by atoms with Crippen LogP contribution in [0.3, 0.4) is 0 Å².